The molecule has 3 aliphatic rings. The van der Waals surface area contributed by atoms with Crippen molar-refractivity contribution in [3.8, 4) is 5.75 Å². The maximum absolute atomic E-state index is 13.7. The molecule has 2 aromatic carbocycles. The summed E-state index contributed by atoms with van der Waals surface area (Å²) in [7, 11) is -3.93. The quantitative estimate of drug-likeness (QED) is 0.611. The normalized spacial score (nSPS) is 20.9. The Kier molecular flexibility index (Phi) is 6.55. The molecule has 1 saturated carbocycles. The number of nitrogens with zero attached hydrogens (tertiary/aromatic N) is 3. The van der Waals surface area contributed by atoms with Crippen molar-refractivity contribution in [3.63, 3.8) is 0 Å². The Morgan fingerprint density at radius 1 is 0.886 bits per heavy atom. The van der Waals surface area contributed by atoms with Gasteiger partial charge >= 0.3 is 0 Å². The number of rotatable bonds is 6. The number of ether oxygens (including phenoxy) is 1. The van der Waals surface area contributed by atoms with Gasteiger partial charge in [-0.15, -0.1) is 0 Å². The minimum atomic E-state index is -3.93. The van der Waals surface area contributed by atoms with E-state index in [-0.39, 0.29) is 29.2 Å². The second-order valence-electron chi connectivity index (χ2n) is 9.37. The third kappa shape index (κ3) is 4.79. The maximum Gasteiger partial charge on any atom is 0.244 e. The Hall–Kier alpha value is -2.91. The maximum atomic E-state index is 13.7. The summed E-state index contributed by atoms with van der Waals surface area (Å²) >= 11 is 0. The molecule has 0 aromatic heterocycles. The number of sulfonamides is 1. The van der Waals surface area contributed by atoms with Gasteiger partial charge in [0.25, 0.3) is 0 Å². The standard InChI is InChI=1S/C26H31N3O5S/c1-2-34-22-9-11-23(12-10-22)35(32,33)29-18-21-6-4-3-5-20(21)17-24(29)26(31)28-15-13-27(14-16-28)25(30)19-7-8-19/h3-6,9-12,19,24H,2,7-8,13-18H2,1H3. The molecule has 2 aliphatic heterocycles. The number of amides is 2. The van der Waals surface area contributed by atoms with E-state index in [1.807, 2.05) is 36.1 Å². The molecule has 8 nitrogen and oxygen atoms in total. The SMILES string of the molecule is CCOc1ccc(S(=O)(=O)N2Cc3ccccc3CC2C(=O)N2CCN(C(=O)C3CC3)CC2)cc1. The van der Waals surface area contributed by atoms with Crippen LogP contribution in [0.25, 0.3) is 0 Å². The van der Waals surface area contributed by atoms with Gasteiger partial charge in [0.15, 0.2) is 0 Å². The van der Waals surface area contributed by atoms with Crippen LogP contribution in [0, 0.1) is 5.92 Å². The van der Waals surface area contributed by atoms with Crippen molar-refractivity contribution < 1.29 is 22.7 Å². The fourth-order valence-corrected chi connectivity index (χ4v) is 6.48. The molecule has 1 unspecified atom stereocenters. The lowest BCUT2D eigenvalue weighted by molar-refractivity contribution is -0.142. The van der Waals surface area contributed by atoms with Crippen molar-refractivity contribution in [2.45, 2.75) is 43.7 Å². The molecule has 2 amide bonds. The first-order valence-electron chi connectivity index (χ1n) is 12.3. The highest BCUT2D eigenvalue weighted by Gasteiger charge is 2.42. The Labute approximate surface area is 206 Å². The molecule has 2 aromatic rings. The topological polar surface area (TPSA) is 87.2 Å². The summed E-state index contributed by atoms with van der Waals surface area (Å²) in [5, 5.41) is 0. The molecule has 0 spiro atoms. The van der Waals surface area contributed by atoms with Crippen LogP contribution >= 0.6 is 0 Å². The molecule has 0 bridgehead atoms. The predicted octanol–water partition coefficient (Wildman–Crippen LogP) is 2.28. The first-order chi connectivity index (χ1) is 16.9. The van der Waals surface area contributed by atoms with E-state index in [1.165, 1.54) is 16.4 Å². The van der Waals surface area contributed by atoms with Gasteiger partial charge < -0.3 is 14.5 Å². The highest BCUT2D eigenvalue weighted by atomic mass is 32.2. The zero-order valence-corrected chi connectivity index (χ0v) is 20.7. The zero-order chi connectivity index (χ0) is 24.6. The number of fused-ring (bicyclic) bond motifs is 1. The van der Waals surface area contributed by atoms with Crippen LogP contribution in [0.1, 0.15) is 30.9 Å². The van der Waals surface area contributed by atoms with Crippen LogP contribution in [0.3, 0.4) is 0 Å². The third-order valence-corrected chi connectivity index (χ3v) is 8.93. The van der Waals surface area contributed by atoms with Crippen molar-refractivity contribution >= 4 is 21.8 Å². The summed E-state index contributed by atoms with van der Waals surface area (Å²) < 4.78 is 34.3. The summed E-state index contributed by atoms with van der Waals surface area (Å²) in [6, 6.07) is 13.2. The second-order valence-corrected chi connectivity index (χ2v) is 11.3. The van der Waals surface area contributed by atoms with Crippen LogP contribution in [0.4, 0.5) is 0 Å². The number of carbonyl (C=O) groups is 2. The largest absolute Gasteiger partial charge is 0.494 e. The van der Waals surface area contributed by atoms with Crippen molar-refractivity contribution in [2.24, 2.45) is 5.92 Å². The molecule has 1 atom stereocenters. The molecule has 2 fully saturated rings. The lowest BCUT2D eigenvalue weighted by atomic mass is 9.95. The highest BCUT2D eigenvalue weighted by Crippen LogP contribution is 2.33. The van der Waals surface area contributed by atoms with Gasteiger partial charge in [-0.2, -0.15) is 4.31 Å². The molecular weight excluding hydrogens is 466 g/mol. The molecule has 1 saturated heterocycles. The van der Waals surface area contributed by atoms with E-state index in [4.69, 9.17) is 4.74 Å². The smallest absolute Gasteiger partial charge is 0.244 e. The van der Waals surface area contributed by atoms with Crippen LogP contribution in [-0.2, 0) is 32.6 Å². The zero-order valence-electron chi connectivity index (χ0n) is 19.9. The van der Waals surface area contributed by atoms with Crippen molar-refractivity contribution in [3.05, 3.63) is 59.7 Å². The third-order valence-electron chi connectivity index (χ3n) is 7.06. The van der Waals surface area contributed by atoms with Gasteiger partial charge in [-0.25, -0.2) is 8.42 Å². The first-order valence-corrected chi connectivity index (χ1v) is 13.7. The summed E-state index contributed by atoms with van der Waals surface area (Å²) in [6.07, 6.45) is 2.24. The van der Waals surface area contributed by atoms with E-state index in [1.54, 1.807) is 17.0 Å². The van der Waals surface area contributed by atoms with Gasteiger partial charge in [-0.1, -0.05) is 24.3 Å². The van der Waals surface area contributed by atoms with E-state index in [0.717, 1.165) is 24.0 Å². The predicted molar refractivity (Wildman–Crippen MR) is 130 cm³/mol. The molecule has 186 valence electrons. The highest BCUT2D eigenvalue weighted by molar-refractivity contribution is 7.89. The van der Waals surface area contributed by atoms with Gasteiger partial charge in [-0.05, 0) is 61.6 Å². The van der Waals surface area contributed by atoms with Gasteiger partial charge in [0.05, 0.1) is 11.5 Å². The monoisotopic (exact) mass is 497 g/mol. The van der Waals surface area contributed by atoms with E-state index < -0.39 is 16.1 Å². The molecule has 0 radical (unpaired) electrons. The minimum absolute atomic E-state index is 0.137. The summed E-state index contributed by atoms with van der Waals surface area (Å²) in [5.74, 6) is 0.736. The first kappa shape index (κ1) is 23.8. The van der Waals surface area contributed by atoms with Crippen molar-refractivity contribution in [2.75, 3.05) is 32.8 Å². The van der Waals surface area contributed by atoms with Crippen molar-refractivity contribution in [1.29, 1.82) is 0 Å². The van der Waals surface area contributed by atoms with Crippen LogP contribution in [0.5, 0.6) is 5.75 Å². The fourth-order valence-electron chi connectivity index (χ4n) is 4.92. The van der Waals surface area contributed by atoms with E-state index in [2.05, 4.69) is 0 Å². The van der Waals surface area contributed by atoms with Gasteiger partial charge in [0.2, 0.25) is 21.8 Å². The van der Waals surface area contributed by atoms with E-state index in [0.29, 0.717) is 45.0 Å². The minimum Gasteiger partial charge on any atom is -0.494 e. The Morgan fingerprint density at radius 3 is 2.09 bits per heavy atom. The molecule has 35 heavy (non-hydrogen) atoms. The average molecular weight is 498 g/mol. The lowest BCUT2D eigenvalue weighted by Gasteiger charge is -2.40. The fraction of sp³-hybridized carbons (Fsp3) is 0.462. The summed E-state index contributed by atoms with van der Waals surface area (Å²) in [4.78, 5) is 29.8. The molecule has 1 aliphatic carbocycles. The van der Waals surface area contributed by atoms with Gasteiger partial charge in [-0.3, -0.25) is 9.59 Å². The molecule has 5 rings (SSSR count). The van der Waals surface area contributed by atoms with Crippen molar-refractivity contribution in [1.82, 2.24) is 14.1 Å². The van der Waals surface area contributed by atoms with Crippen LogP contribution in [-0.4, -0.2) is 73.2 Å². The molecule has 0 N–H and O–H groups in total. The van der Waals surface area contributed by atoms with Gasteiger partial charge in [0.1, 0.15) is 11.8 Å². The number of benzene rings is 2. The number of piperazine rings is 1. The number of hydrogen-bond donors (Lipinski definition) is 0. The van der Waals surface area contributed by atoms with E-state index in [9.17, 15) is 18.0 Å². The molecule has 2 heterocycles. The molecular formula is C26H31N3O5S. The Balaban J connectivity index is 1.39. The Bertz CT molecular complexity index is 1200. The van der Waals surface area contributed by atoms with Crippen LogP contribution in [0.15, 0.2) is 53.4 Å². The Morgan fingerprint density at radius 2 is 1.49 bits per heavy atom. The summed E-state index contributed by atoms with van der Waals surface area (Å²) in [6.45, 7) is 4.34. The lowest BCUT2D eigenvalue weighted by Crippen LogP contribution is -2.58. The van der Waals surface area contributed by atoms with Gasteiger partial charge in [0, 0.05) is 38.6 Å². The summed E-state index contributed by atoms with van der Waals surface area (Å²) in [5.41, 5.74) is 1.90. The van der Waals surface area contributed by atoms with Crippen LogP contribution in [0.2, 0.25) is 0 Å². The van der Waals surface area contributed by atoms with E-state index >= 15 is 0 Å². The average Bonchev–Trinajstić information content (AvgIpc) is 3.73. The number of carbonyl (C=O) groups excluding carboxylic acids is 2. The molecule has 9 heteroatoms. The number of hydrogen-bond acceptors (Lipinski definition) is 5. The van der Waals surface area contributed by atoms with Crippen LogP contribution < -0.4 is 4.74 Å². The second kappa shape index (κ2) is 9.62.